The standard InChI is InChI=1S/C16H19N3O2S/c1-16(2,3)21-15(20)19-9-7-11-13(10-19)22-14(18-11)12-6-4-5-8-17-12/h4-6,8H,7,9-10H2,1-3H3. The fourth-order valence-corrected chi connectivity index (χ4v) is 3.38. The van der Waals surface area contributed by atoms with Crippen molar-refractivity contribution < 1.29 is 9.53 Å². The van der Waals surface area contributed by atoms with Crippen LogP contribution in [-0.2, 0) is 17.7 Å². The fourth-order valence-electron chi connectivity index (χ4n) is 2.28. The second kappa shape index (κ2) is 5.68. The molecule has 2 aromatic heterocycles. The number of amides is 1. The molecule has 2 aromatic rings. The first-order chi connectivity index (χ1) is 10.4. The minimum Gasteiger partial charge on any atom is -0.444 e. The predicted octanol–water partition coefficient (Wildman–Crippen LogP) is 3.50. The van der Waals surface area contributed by atoms with Gasteiger partial charge in [0.15, 0.2) is 0 Å². The number of nitrogens with zero attached hydrogens (tertiary/aromatic N) is 3. The van der Waals surface area contributed by atoms with E-state index in [4.69, 9.17) is 4.74 Å². The van der Waals surface area contributed by atoms with Gasteiger partial charge in [-0.3, -0.25) is 4.98 Å². The van der Waals surface area contributed by atoms with E-state index in [9.17, 15) is 4.79 Å². The number of thiazole rings is 1. The Morgan fingerprint density at radius 2 is 2.18 bits per heavy atom. The number of carbonyl (C=O) groups is 1. The summed E-state index contributed by atoms with van der Waals surface area (Å²) in [4.78, 5) is 24.0. The maximum absolute atomic E-state index is 12.2. The van der Waals surface area contributed by atoms with Crippen LogP contribution >= 0.6 is 11.3 Å². The summed E-state index contributed by atoms with van der Waals surface area (Å²) in [5.74, 6) is 0. The van der Waals surface area contributed by atoms with Crippen LogP contribution in [0.5, 0.6) is 0 Å². The number of rotatable bonds is 1. The van der Waals surface area contributed by atoms with Crippen LogP contribution in [0.25, 0.3) is 10.7 Å². The van der Waals surface area contributed by atoms with E-state index in [1.807, 2.05) is 39.0 Å². The van der Waals surface area contributed by atoms with Gasteiger partial charge in [-0.2, -0.15) is 0 Å². The van der Waals surface area contributed by atoms with Crippen LogP contribution in [0.4, 0.5) is 4.79 Å². The molecule has 6 heteroatoms. The lowest BCUT2D eigenvalue weighted by Crippen LogP contribution is -2.39. The summed E-state index contributed by atoms with van der Waals surface area (Å²) >= 11 is 1.60. The van der Waals surface area contributed by atoms with Crippen LogP contribution in [0.3, 0.4) is 0 Å². The molecule has 0 saturated carbocycles. The highest BCUT2D eigenvalue weighted by atomic mass is 32.1. The van der Waals surface area contributed by atoms with E-state index < -0.39 is 5.60 Å². The Morgan fingerprint density at radius 3 is 2.86 bits per heavy atom. The van der Waals surface area contributed by atoms with Crippen LogP contribution in [0.2, 0.25) is 0 Å². The highest BCUT2D eigenvalue weighted by Crippen LogP contribution is 2.31. The van der Waals surface area contributed by atoms with Crippen LogP contribution in [0.15, 0.2) is 24.4 Å². The minimum absolute atomic E-state index is 0.258. The Labute approximate surface area is 134 Å². The normalized spacial score (nSPS) is 14.6. The summed E-state index contributed by atoms with van der Waals surface area (Å²) in [6, 6.07) is 5.80. The van der Waals surface area contributed by atoms with E-state index in [0.717, 1.165) is 27.7 Å². The Morgan fingerprint density at radius 1 is 1.36 bits per heavy atom. The summed E-state index contributed by atoms with van der Waals surface area (Å²) in [7, 11) is 0. The lowest BCUT2D eigenvalue weighted by Gasteiger charge is -2.29. The van der Waals surface area contributed by atoms with E-state index in [0.29, 0.717) is 13.1 Å². The molecule has 0 aliphatic carbocycles. The first-order valence-corrected chi connectivity index (χ1v) is 8.12. The van der Waals surface area contributed by atoms with Gasteiger partial charge >= 0.3 is 6.09 Å². The average molecular weight is 317 g/mol. The number of ether oxygens (including phenoxy) is 1. The summed E-state index contributed by atoms with van der Waals surface area (Å²) < 4.78 is 5.44. The van der Waals surface area contributed by atoms with Crippen molar-refractivity contribution in [3.05, 3.63) is 35.0 Å². The molecule has 3 heterocycles. The van der Waals surface area contributed by atoms with Crippen molar-refractivity contribution in [3.8, 4) is 10.7 Å². The van der Waals surface area contributed by atoms with Crippen LogP contribution < -0.4 is 0 Å². The van der Waals surface area contributed by atoms with Crippen molar-refractivity contribution in [1.82, 2.24) is 14.9 Å². The molecule has 0 unspecified atom stereocenters. The van der Waals surface area contributed by atoms with Gasteiger partial charge in [-0.15, -0.1) is 11.3 Å². The fraction of sp³-hybridized carbons (Fsp3) is 0.438. The summed E-state index contributed by atoms with van der Waals surface area (Å²) in [5.41, 5.74) is 1.49. The maximum Gasteiger partial charge on any atom is 0.410 e. The second-order valence-electron chi connectivity index (χ2n) is 6.26. The third-order valence-corrected chi connectivity index (χ3v) is 4.37. The van der Waals surface area contributed by atoms with E-state index in [-0.39, 0.29) is 6.09 Å². The average Bonchev–Trinajstić information content (AvgIpc) is 2.89. The van der Waals surface area contributed by atoms with E-state index in [2.05, 4.69) is 9.97 Å². The van der Waals surface area contributed by atoms with Gasteiger partial charge in [0.2, 0.25) is 0 Å². The molecule has 5 nitrogen and oxygen atoms in total. The molecule has 0 bridgehead atoms. The maximum atomic E-state index is 12.2. The van der Waals surface area contributed by atoms with Gasteiger partial charge in [-0.1, -0.05) is 6.07 Å². The van der Waals surface area contributed by atoms with E-state index in [1.54, 1.807) is 22.4 Å². The van der Waals surface area contributed by atoms with Crippen molar-refractivity contribution in [3.63, 3.8) is 0 Å². The molecule has 0 saturated heterocycles. The molecule has 1 amide bonds. The van der Waals surface area contributed by atoms with Gasteiger partial charge < -0.3 is 9.64 Å². The summed E-state index contributed by atoms with van der Waals surface area (Å²) in [5, 5.41) is 0.914. The molecule has 1 aliphatic rings. The van der Waals surface area contributed by atoms with Crippen molar-refractivity contribution in [2.45, 2.75) is 39.3 Å². The Balaban J connectivity index is 1.77. The van der Waals surface area contributed by atoms with Crippen molar-refractivity contribution >= 4 is 17.4 Å². The molecule has 22 heavy (non-hydrogen) atoms. The predicted molar refractivity (Wildman–Crippen MR) is 85.7 cm³/mol. The molecule has 1 aliphatic heterocycles. The number of pyridine rings is 1. The molecule has 0 radical (unpaired) electrons. The van der Waals surface area contributed by atoms with Crippen LogP contribution in [0, 0.1) is 0 Å². The number of hydrogen-bond acceptors (Lipinski definition) is 5. The van der Waals surface area contributed by atoms with Crippen molar-refractivity contribution in [1.29, 1.82) is 0 Å². The van der Waals surface area contributed by atoms with E-state index >= 15 is 0 Å². The van der Waals surface area contributed by atoms with Gasteiger partial charge in [-0.05, 0) is 32.9 Å². The van der Waals surface area contributed by atoms with Crippen LogP contribution in [-0.4, -0.2) is 33.1 Å². The zero-order valence-electron chi connectivity index (χ0n) is 13.0. The Kier molecular flexibility index (Phi) is 3.87. The van der Waals surface area contributed by atoms with Crippen LogP contribution in [0.1, 0.15) is 31.3 Å². The quantitative estimate of drug-likeness (QED) is 0.808. The zero-order valence-corrected chi connectivity index (χ0v) is 13.8. The largest absolute Gasteiger partial charge is 0.444 e. The van der Waals surface area contributed by atoms with Crippen molar-refractivity contribution in [2.75, 3.05) is 6.54 Å². The molecular formula is C16H19N3O2S. The molecule has 0 N–H and O–H groups in total. The molecule has 116 valence electrons. The Bertz CT molecular complexity index is 676. The molecule has 3 rings (SSSR count). The molecular weight excluding hydrogens is 298 g/mol. The highest BCUT2D eigenvalue weighted by molar-refractivity contribution is 7.15. The van der Waals surface area contributed by atoms with E-state index in [1.165, 1.54) is 0 Å². The summed E-state index contributed by atoms with van der Waals surface area (Å²) in [6.45, 7) is 6.85. The van der Waals surface area contributed by atoms with Crippen molar-refractivity contribution in [2.24, 2.45) is 0 Å². The highest BCUT2D eigenvalue weighted by Gasteiger charge is 2.28. The number of aromatic nitrogens is 2. The topological polar surface area (TPSA) is 55.3 Å². The third-order valence-electron chi connectivity index (χ3n) is 3.27. The zero-order chi connectivity index (χ0) is 15.7. The second-order valence-corrected chi connectivity index (χ2v) is 7.34. The van der Waals surface area contributed by atoms with Gasteiger partial charge in [0.25, 0.3) is 0 Å². The molecule has 0 aromatic carbocycles. The molecule has 0 spiro atoms. The van der Waals surface area contributed by atoms with Gasteiger partial charge in [0, 0.05) is 24.0 Å². The first kappa shape index (κ1) is 15.0. The number of fused-ring (bicyclic) bond motifs is 1. The lowest BCUT2D eigenvalue weighted by atomic mass is 10.2. The molecule has 0 atom stereocenters. The third kappa shape index (κ3) is 3.27. The van der Waals surface area contributed by atoms with Gasteiger partial charge in [-0.25, -0.2) is 9.78 Å². The van der Waals surface area contributed by atoms with Gasteiger partial charge in [0.1, 0.15) is 10.6 Å². The number of carbonyl (C=O) groups excluding carboxylic acids is 1. The smallest absolute Gasteiger partial charge is 0.410 e. The summed E-state index contributed by atoms with van der Waals surface area (Å²) in [6.07, 6.45) is 2.27. The lowest BCUT2D eigenvalue weighted by molar-refractivity contribution is 0.0225. The monoisotopic (exact) mass is 317 g/mol. The first-order valence-electron chi connectivity index (χ1n) is 7.30. The Hall–Kier alpha value is -1.95. The minimum atomic E-state index is -0.468. The molecule has 0 fully saturated rings. The number of hydrogen-bond donors (Lipinski definition) is 0. The van der Waals surface area contributed by atoms with Gasteiger partial charge in [0.05, 0.1) is 17.9 Å². The SMILES string of the molecule is CC(C)(C)OC(=O)N1CCc2nc(-c3ccccn3)sc2C1.